The molecule has 1 unspecified atom stereocenters. The first-order valence-corrected chi connectivity index (χ1v) is 7.73. The van der Waals surface area contributed by atoms with Gasteiger partial charge in [0.25, 0.3) is 5.91 Å². The molecule has 1 aromatic rings. The number of rotatable bonds is 0. The minimum absolute atomic E-state index is 0.138. The first-order chi connectivity index (χ1) is 9.10. The average molecular weight is 339 g/mol. The molecule has 0 aliphatic carbocycles. The summed E-state index contributed by atoms with van der Waals surface area (Å²) in [6.07, 6.45) is 1.69. The molecule has 2 heterocycles. The van der Waals surface area contributed by atoms with Crippen molar-refractivity contribution in [2.75, 3.05) is 6.26 Å². The summed E-state index contributed by atoms with van der Waals surface area (Å²) >= 11 is 4.83. The molecular weight excluding hydrogens is 328 g/mol. The largest absolute Gasteiger partial charge is 0.298 e. The maximum Gasteiger partial charge on any atom is 0.276 e. The van der Waals surface area contributed by atoms with Gasteiger partial charge in [-0.15, -0.1) is 5.10 Å². The van der Waals surface area contributed by atoms with Gasteiger partial charge >= 0.3 is 0 Å². The van der Waals surface area contributed by atoms with Gasteiger partial charge in [-0.1, -0.05) is 27.7 Å². The summed E-state index contributed by atoms with van der Waals surface area (Å²) in [6, 6.07) is 5.72. The molecule has 1 aromatic carbocycles. The van der Waals surface area contributed by atoms with Crippen molar-refractivity contribution in [3.8, 4) is 0 Å². The summed E-state index contributed by atoms with van der Waals surface area (Å²) in [7, 11) is 0. The maximum absolute atomic E-state index is 12.3. The molecule has 0 bridgehead atoms. The third-order valence-corrected chi connectivity index (χ3v) is 4.01. The van der Waals surface area contributed by atoms with Crippen molar-refractivity contribution < 1.29 is 4.79 Å². The van der Waals surface area contributed by atoms with Gasteiger partial charge < -0.3 is 0 Å². The van der Waals surface area contributed by atoms with Gasteiger partial charge in [-0.3, -0.25) is 15.1 Å². The average Bonchev–Trinajstić information content (AvgIpc) is 2.39. The van der Waals surface area contributed by atoms with Crippen LogP contribution >= 0.6 is 27.7 Å². The number of hydrogen-bond acceptors (Lipinski definition) is 5. The van der Waals surface area contributed by atoms with Gasteiger partial charge in [-0.2, -0.15) is 0 Å². The molecule has 5 nitrogen and oxygen atoms in total. The van der Waals surface area contributed by atoms with Gasteiger partial charge in [0, 0.05) is 9.69 Å². The van der Waals surface area contributed by atoms with Gasteiger partial charge in [0.05, 0.1) is 5.36 Å². The van der Waals surface area contributed by atoms with Crippen molar-refractivity contribution in [2.24, 2.45) is 10.1 Å². The van der Waals surface area contributed by atoms with Crippen LogP contribution < -0.4 is 15.9 Å². The summed E-state index contributed by atoms with van der Waals surface area (Å²) < 4.78 is 0.913. The van der Waals surface area contributed by atoms with Crippen molar-refractivity contribution >= 4 is 44.5 Å². The number of carbonyl (C=O) groups excluding carboxylic acids is 1. The van der Waals surface area contributed by atoms with Crippen LogP contribution in [0.5, 0.6) is 0 Å². The number of amidine groups is 1. The molecule has 2 aliphatic heterocycles. The van der Waals surface area contributed by atoms with Crippen LogP contribution in [0, 0.1) is 0 Å². The van der Waals surface area contributed by atoms with E-state index in [0.717, 1.165) is 15.0 Å². The number of hydrazone groups is 1. The Hall–Kier alpha value is -1.34. The lowest BCUT2D eigenvalue weighted by atomic mass is 10.2. The van der Waals surface area contributed by atoms with Crippen LogP contribution in [0.4, 0.5) is 0 Å². The number of nitrogens with zero attached hydrogens (tertiary/aromatic N) is 3. The summed E-state index contributed by atoms with van der Waals surface area (Å²) in [5.41, 5.74) is 0.552. The summed E-state index contributed by atoms with van der Waals surface area (Å²) in [5, 5.41) is 11.1. The normalized spacial score (nSPS) is 21.1. The van der Waals surface area contributed by atoms with Crippen LogP contribution in [0.25, 0.3) is 5.70 Å². The fourth-order valence-electron chi connectivity index (χ4n) is 2.11. The number of thioether (sulfide) groups is 1. The molecule has 98 valence electrons. The lowest BCUT2D eigenvalue weighted by Gasteiger charge is -2.31. The molecule has 1 amide bonds. The number of carbonyl (C=O) groups is 1. The number of fused-ring (bicyclic) bond motifs is 2. The highest BCUT2D eigenvalue weighted by molar-refractivity contribution is 9.10. The smallest absolute Gasteiger partial charge is 0.276 e. The van der Waals surface area contributed by atoms with Gasteiger partial charge in [0.1, 0.15) is 11.9 Å². The Morgan fingerprint density at radius 1 is 1.47 bits per heavy atom. The van der Waals surface area contributed by atoms with Gasteiger partial charge in [-0.25, -0.2) is 5.01 Å². The zero-order chi connectivity index (χ0) is 13.6. The van der Waals surface area contributed by atoms with E-state index in [2.05, 4.69) is 31.3 Å². The first-order valence-electron chi connectivity index (χ1n) is 5.71. The quantitative estimate of drug-likeness (QED) is 0.753. The minimum Gasteiger partial charge on any atom is -0.298 e. The Bertz CT molecular complexity index is 715. The Labute approximate surface area is 122 Å². The minimum atomic E-state index is -0.183. The summed E-state index contributed by atoms with van der Waals surface area (Å²) in [4.78, 5) is 16.8. The van der Waals surface area contributed by atoms with Crippen molar-refractivity contribution in [3.05, 3.63) is 33.2 Å². The topological polar surface area (TPSA) is 57.1 Å². The van der Waals surface area contributed by atoms with Gasteiger partial charge in [0.15, 0.2) is 5.17 Å². The second-order valence-corrected chi connectivity index (χ2v) is 5.89. The van der Waals surface area contributed by atoms with Crippen LogP contribution in [0.15, 0.2) is 32.8 Å². The highest BCUT2D eigenvalue weighted by atomic mass is 79.9. The number of nitrogens with one attached hydrogen (secondary N) is 1. The molecule has 1 N–H and O–H groups in total. The summed E-state index contributed by atoms with van der Waals surface area (Å²) in [6.45, 7) is 1.92. The highest BCUT2D eigenvalue weighted by Crippen LogP contribution is 2.19. The van der Waals surface area contributed by atoms with Crippen LogP contribution in [-0.2, 0) is 4.79 Å². The van der Waals surface area contributed by atoms with E-state index in [1.54, 1.807) is 5.01 Å². The maximum atomic E-state index is 12.3. The number of hydrogen-bond donors (Lipinski definition) is 1. The van der Waals surface area contributed by atoms with E-state index in [1.807, 2.05) is 31.4 Å². The Balaban J connectivity index is 2.33. The van der Waals surface area contributed by atoms with Crippen molar-refractivity contribution in [1.29, 1.82) is 0 Å². The fourth-order valence-corrected chi connectivity index (χ4v) is 2.83. The zero-order valence-electron chi connectivity index (χ0n) is 10.3. The third kappa shape index (κ3) is 2.06. The van der Waals surface area contributed by atoms with E-state index in [4.69, 9.17) is 0 Å². The van der Waals surface area contributed by atoms with Crippen molar-refractivity contribution in [2.45, 2.75) is 13.1 Å². The Morgan fingerprint density at radius 3 is 3.00 bits per heavy atom. The number of benzene rings is 1. The molecule has 0 radical (unpaired) electrons. The van der Waals surface area contributed by atoms with Crippen molar-refractivity contribution in [3.63, 3.8) is 0 Å². The van der Waals surface area contributed by atoms with E-state index in [9.17, 15) is 4.79 Å². The lowest BCUT2D eigenvalue weighted by molar-refractivity contribution is -0.116. The van der Waals surface area contributed by atoms with Crippen LogP contribution in [0.1, 0.15) is 6.92 Å². The van der Waals surface area contributed by atoms with Crippen LogP contribution in [0.3, 0.4) is 0 Å². The van der Waals surface area contributed by atoms with E-state index in [0.29, 0.717) is 10.9 Å². The Kier molecular flexibility index (Phi) is 3.10. The highest BCUT2D eigenvalue weighted by Gasteiger charge is 2.31. The molecule has 0 saturated carbocycles. The monoisotopic (exact) mass is 338 g/mol. The molecule has 3 rings (SSSR count). The molecule has 19 heavy (non-hydrogen) atoms. The van der Waals surface area contributed by atoms with Gasteiger partial charge in [0.2, 0.25) is 0 Å². The van der Waals surface area contributed by atoms with Crippen molar-refractivity contribution in [1.82, 2.24) is 10.3 Å². The third-order valence-electron chi connectivity index (χ3n) is 2.95. The molecule has 2 aliphatic rings. The predicted octanol–water partition coefficient (Wildman–Crippen LogP) is 0.602. The van der Waals surface area contributed by atoms with Crippen LogP contribution in [-0.4, -0.2) is 28.5 Å². The molecule has 7 heteroatoms. The number of amides is 1. The first kappa shape index (κ1) is 12.7. The standard InChI is InChI=1S/C12H11BrN4OS/c1-6-14-9-4-3-7(13)5-8(9)10-11(18)15-12(19-2)16-17(6)10/h3-6H,1-2H3,(H,15,16,18). The molecule has 0 saturated heterocycles. The van der Waals surface area contributed by atoms with Crippen LogP contribution in [0.2, 0.25) is 0 Å². The molecular formula is C12H11BrN4OS. The number of halogens is 1. The van der Waals surface area contributed by atoms with E-state index in [-0.39, 0.29) is 12.1 Å². The Morgan fingerprint density at radius 2 is 2.26 bits per heavy atom. The summed E-state index contributed by atoms with van der Waals surface area (Å²) in [5.74, 6) is -0.138. The van der Waals surface area contributed by atoms with Gasteiger partial charge in [-0.05, 0) is 31.4 Å². The zero-order valence-corrected chi connectivity index (χ0v) is 12.7. The van der Waals surface area contributed by atoms with E-state index in [1.165, 1.54) is 11.8 Å². The van der Waals surface area contributed by atoms with E-state index >= 15 is 0 Å². The predicted molar refractivity (Wildman–Crippen MR) is 78.7 cm³/mol. The lowest BCUT2D eigenvalue weighted by Crippen LogP contribution is -2.51. The molecule has 0 aromatic heterocycles. The SMILES string of the molecule is CSC1=NN2C(=c3cc(Br)ccc3=NC2C)C(=O)N1. The second-order valence-electron chi connectivity index (χ2n) is 4.18. The fraction of sp³-hybridized carbons (Fsp3) is 0.250. The molecule has 0 spiro atoms. The molecule has 1 atom stereocenters. The second kappa shape index (κ2) is 4.64. The molecule has 0 fully saturated rings. The van der Waals surface area contributed by atoms with E-state index < -0.39 is 0 Å².